The highest BCUT2D eigenvalue weighted by Gasteiger charge is 2.26. The maximum atomic E-state index is 11.7. The number of para-hydroxylation sites is 1. The van der Waals surface area contributed by atoms with Crippen molar-refractivity contribution in [1.82, 2.24) is 10.3 Å². The van der Waals surface area contributed by atoms with Gasteiger partial charge in [0.15, 0.2) is 0 Å². The van der Waals surface area contributed by atoms with Crippen molar-refractivity contribution >= 4 is 5.91 Å². The molecule has 5 nitrogen and oxygen atoms in total. The number of carbonyl (C=O) groups is 1. The zero-order chi connectivity index (χ0) is 16.0. The van der Waals surface area contributed by atoms with E-state index in [1.54, 1.807) is 7.11 Å². The summed E-state index contributed by atoms with van der Waals surface area (Å²) in [7, 11) is 3.72. The van der Waals surface area contributed by atoms with Gasteiger partial charge in [-0.2, -0.15) is 0 Å². The van der Waals surface area contributed by atoms with Crippen molar-refractivity contribution in [2.24, 2.45) is 11.8 Å². The maximum absolute atomic E-state index is 11.7. The first-order valence-corrected chi connectivity index (χ1v) is 7.26. The van der Waals surface area contributed by atoms with Crippen molar-refractivity contribution in [3.8, 4) is 5.75 Å². The zero-order valence-electron chi connectivity index (χ0n) is 13.6. The quantitative estimate of drug-likeness (QED) is 0.455. The van der Waals surface area contributed by atoms with Gasteiger partial charge in [0.05, 0.1) is 13.0 Å². The molecular formula is C16H27N3O2. The molecular weight excluding hydrogens is 266 g/mol. The van der Waals surface area contributed by atoms with Crippen LogP contribution < -0.4 is 16.0 Å². The first kappa shape index (κ1) is 17.5. The Morgan fingerprint density at radius 1 is 1.33 bits per heavy atom. The Kier molecular flexibility index (Phi) is 6.65. The lowest BCUT2D eigenvalue weighted by Gasteiger charge is -2.34. The summed E-state index contributed by atoms with van der Waals surface area (Å²) < 4.78 is 5.39. The molecule has 5 heteroatoms. The number of hydrogen-bond acceptors (Lipinski definition) is 4. The summed E-state index contributed by atoms with van der Waals surface area (Å²) in [5.41, 5.74) is 3.39. The average molecular weight is 293 g/mol. The number of rotatable bonds is 7. The van der Waals surface area contributed by atoms with Crippen LogP contribution in [-0.2, 0) is 11.2 Å². The van der Waals surface area contributed by atoms with E-state index in [9.17, 15) is 4.79 Å². The molecule has 0 bridgehead atoms. The van der Waals surface area contributed by atoms with Crippen LogP contribution in [0.3, 0.4) is 0 Å². The molecule has 0 aliphatic carbocycles. The van der Waals surface area contributed by atoms with Gasteiger partial charge in [0.25, 0.3) is 0 Å². The van der Waals surface area contributed by atoms with E-state index >= 15 is 0 Å². The molecule has 0 radical (unpaired) electrons. The van der Waals surface area contributed by atoms with Gasteiger partial charge in [-0.15, -0.1) is 0 Å². The minimum atomic E-state index is -0.167. The van der Waals surface area contributed by atoms with Gasteiger partial charge in [0.2, 0.25) is 5.91 Å². The second kappa shape index (κ2) is 8.00. The molecule has 3 N–H and O–H groups in total. The van der Waals surface area contributed by atoms with E-state index in [0.29, 0.717) is 0 Å². The molecule has 0 spiro atoms. The Labute approximate surface area is 127 Å². The van der Waals surface area contributed by atoms with Gasteiger partial charge in [0, 0.05) is 12.1 Å². The Morgan fingerprint density at radius 3 is 2.52 bits per heavy atom. The van der Waals surface area contributed by atoms with E-state index in [1.165, 1.54) is 5.56 Å². The van der Waals surface area contributed by atoms with Gasteiger partial charge >= 0.3 is 0 Å². The van der Waals surface area contributed by atoms with E-state index in [2.05, 4.69) is 23.3 Å². The number of nitrogens with two attached hydrogens (primary N) is 1. The fourth-order valence-electron chi connectivity index (χ4n) is 2.44. The third-order valence-electron chi connectivity index (χ3n) is 4.32. The lowest BCUT2D eigenvalue weighted by molar-refractivity contribution is -0.126. The summed E-state index contributed by atoms with van der Waals surface area (Å²) in [5.74, 6) is 5.81. The largest absolute Gasteiger partial charge is 0.496 e. The first-order valence-electron chi connectivity index (χ1n) is 7.26. The number of hydrogen-bond donors (Lipinski definition) is 2. The number of likely N-dealkylation sites (N-methyl/N-ethyl adjacent to an activating group) is 1. The summed E-state index contributed by atoms with van der Waals surface area (Å²) in [5, 5.41) is 0. The second-order valence-corrected chi connectivity index (χ2v) is 5.57. The smallest absolute Gasteiger partial charge is 0.238 e. The fraction of sp³-hybridized carbons (Fsp3) is 0.562. The standard InChI is InChI=1S/C16H27N3O2/c1-11(10-14-8-6-7-9-15(14)21-5)19(4)13(3)12(2)16(20)18-17/h6-9,11-13H,10,17H2,1-5H3,(H,18,20). The van der Waals surface area contributed by atoms with Crippen molar-refractivity contribution in [2.45, 2.75) is 39.3 Å². The SMILES string of the molecule is COc1ccccc1CC(C)N(C)C(C)C(C)C(=O)NN. The Morgan fingerprint density at radius 2 is 1.95 bits per heavy atom. The topological polar surface area (TPSA) is 67.6 Å². The summed E-state index contributed by atoms with van der Waals surface area (Å²) in [4.78, 5) is 13.9. The van der Waals surface area contributed by atoms with E-state index < -0.39 is 0 Å². The van der Waals surface area contributed by atoms with Crippen molar-refractivity contribution in [2.75, 3.05) is 14.2 Å². The second-order valence-electron chi connectivity index (χ2n) is 5.57. The molecule has 0 aromatic heterocycles. The highest BCUT2D eigenvalue weighted by Crippen LogP contribution is 2.22. The molecule has 1 rings (SSSR count). The highest BCUT2D eigenvalue weighted by atomic mass is 16.5. The minimum Gasteiger partial charge on any atom is -0.496 e. The summed E-state index contributed by atoms with van der Waals surface area (Å²) in [6.45, 7) is 6.08. The number of nitrogens with zero attached hydrogens (tertiary/aromatic N) is 1. The van der Waals surface area contributed by atoms with Gasteiger partial charge in [-0.1, -0.05) is 25.1 Å². The molecule has 3 unspecified atom stereocenters. The molecule has 0 saturated carbocycles. The molecule has 1 aromatic carbocycles. The van der Waals surface area contributed by atoms with Crippen molar-refractivity contribution < 1.29 is 9.53 Å². The Hall–Kier alpha value is -1.59. The number of hydrazine groups is 1. The van der Waals surface area contributed by atoms with Crippen LogP contribution in [0.4, 0.5) is 0 Å². The monoisotopic (exact) mass is 293 g/mol. The fourth-order valence-corrected chi connectivity index (χ4v) is 2.44. The zero-order valence-corrected chi connectivity index (χ0v) is 13.6. The molecule has 0 saturated heterocycles. The molecule has 3 atom stereocenters. The predicted octanol–water partition coefficient (Wildman–Crippen LogP) is 1.57. The highest BCUT2D eigenvalue weighted by molar-refractivity contribution is 5.78. The molecule has 0 heterocycles. The molecule has 0 aliphatic heterocycles. The number of amides is 1. The molecule has 118 valence electrons. The van der Waals surface area contributed by atoms with E-state index in [1.807, 2.05) is 39.1 Å². The lowest BCUT2D eigenvalue weighted by Crippen LogP contribution is -2.47. The van der Waals surface area contributed by atoms with E-state index in [4.69, 9.17) is 10.6 Å². The Balaban J connectivity index is 2.74. The summed E-state index contributed by atoms with van der Waals surface area (Å²) in [6.07, 6.45) is 0.863. The lowest BCUT2D eigenvalue weighted by atomic mass is 9.98. The van der Waals surface area contributed by atoms with Crippen LogP contribution in [0.15, 0.2) is 24.3 Å². The van der Waals surface area contributed by atoms with Crippen molar-refractivity contribution in [3.05, 3.63) is 29.8 Å². The molecule has 0 aliphatic rings. The third-order valence-corrected chi connectivity index (χ3v) is 4.32. The van der Waals surface area contributed by atoms with Crippen molar-refractivity contribution in [1.29, 1.82) is 0 Å². The molecule has 1 amide bonds. The summed E-state index contributed by atoms with van der Waals surface area (Å²) >= 11 is 0. The number of ether oxygens (including phenoxy) is 1. The van der Waals surface area contributed by atoms with Crippen molar-refractivity contribution in [3.63, 3.8) is 0 Å². The third kappa shape index (κ3) is 4.44. The number of methoxy groups -OCH3 is 1. The summed E-state index contributed by atoms with van der Waals surface area (Å²) in [6, 6.07) is 8.40. The van der Waals surface area contributed by atoms with Crippen LogP contribution in [0.1, 0.15) is 26.3 Å². The average Bonchev–Trinajstić information content (AvgIpc) is 2.52. The van der Waals surface area contributed by atoms with Gasteiger partial charge in [0.1, 0.15) is 5.75 Å². The Bertz CT molecular complexity index is 465. The molecule has 1 aromatic rings. The number of benzene rings is 1. The van der Waals surface area contributed by atoms with E-state index in [0.717, 1.165) is 12.2 Å². The maximum Gasteiger partial charge on any atom is 0.238 e. The van der Waals surface area contributed by atoms with Crippen LogP contribution in [0.25, 0.3) is 0 Å². The van der Waals surface area contributed by atoms with Gasteiger partial charge in [-0.3, -0.25) is 15.1 Å². The number of carbonyl (C=O) groups excluding carboxylic acids is 1. The van der Waals surface area contributed by atoms with Crippen LogP contribution >= 0.6 is 0 Å². The van der Waals surface area contributed by atoms with Crippen LogP contribution in [0.2, 0.25) is 0 Å². The van der Waals surface area contributed by atoms with Crippen LogP contribution in [0.5, 0.6) is 5.75 Å². The van der Waals surface area contributed by atoms with Crippen LogP contribution in [-0.4, -0.2) is 37.0 Å². The first-order chi connectivity index (χ1) is 9.92. The predicted molar refractivity (Wildman–Crippen MR) is 84.9 cm³/mol. The van der Waals surface area contributed by atoms with Gasteiger partial charge < -0.3 is 4.74 Å². The minimum absolute atomic E-state index is 0.0956. The van der Waals surface area contributed by atoms with Gasteiger partial charge in [-0.25, -0.2) is 5.84 Å². The molecule has 0 fully saturated rings. The van der Waals surface area contributed by atoms with Crippen LogP contribution in [0, 0.1) is 5.92 Å². The molecule has 21 heavy (non-hydrogen) atoms. The number of nitrogens with one attached hydrogen (secondary N) is 1. The normalized spacial score (nSPS) is 15.4. The van der Waals surface area contributed by atoms with E-state index in [-0.39, 0.29) is 23.9 Å². The van der Waals surface area contributed by atoms with Gasteiger partial charge in [-0.05, 0) is 38.9 Å².